The van der Waals surface area contributed by atoms with E-state index in [2.05, 4.69) is 5.32 Å². The first-order valence-corrected chi connectivity index (χ1v) is 7.70. The van der Waals surface area contributed by atoms with E-state index in [4.69, 9.17) is 9.47 Å². The van der Waals surface area contributed by atoms with Crippen LogP contribution in [0.1, 0.15) is 18.4 Å². The first-order valence-electron chi connectivity index (χ1n) is 6.72. The van der Waals surface area contributed by atoms with Crippen LogP contribution >= 0.6 is 11.8 Å². The van der Waals surface area contributed by atoms with Gasteiger partial charge >= 0.3 is 5.51 Å². The molecule has 0 atom stereocenters. The Kier molecular flexibility index (Phi) is 5.64. The number of nitrogens with one attached hydrogen (secondary N) is 1. The van der Waals surface area contributed by atoms with Crippen LogP contribution in [0.25, 0.3) is 0 Å². The van der Waals surface area contributed by atoms with Crippen LogP contribution < -0.4 is 14.8 Å². The summed E-state index contributed by atoms with van der Waals surface area (Å²) in [6.07, 6.45) is 2.43. The van der Waals surface area contributed by atoms with Crippen molar-refractivity contribution in [2.45, 2.75) is 30.9 Å². The fourth-order valence-corrected chi connectivity index (χ4v) is 2.20. The summed E-state index contributed by atoms with van der Waals surface area (Å²) in [6.45, 7) is 0.742. The molecule has 0 heterocycles. The van der Waals surface area contributed by atoms with E-state index in [0.717, 1.165) is 12.1 Å². The monoisotopic (exact) mass is 321 g/mol. The second-order valence-corrected chi connectivity index (χ2v) is 5.94. The van der Waals surface area contributed by atoms with Crippen LogP contribution in [0, 0.1) is 0 Å². The van der Waals surface area contributed by atoms with E-state index in [1.54, 1.807) is 6.07 Å². The van der Waals surface area contributed by atoms with E-state index >= 15 is 0 Å². The molecule has 0 saturated heterocycles. The Bertz CT molecular complexity index is 464. The summed E-state index contributed by atoms with van der Waals surface area (Å²) >= 11 is -0.0881. The van der Waals surface area contributed by atoms with Crippen LogP contribution in [0.3, 0.4) is 0 Å². The van der Waals surface area contributed by atoms with Crippen molar-refractivity contribution >= 4 is 11.8 Å². The number of rotatable bonds is 8. The molecule has 1 aliphatic rings. The van der Waals surface area contributed by atoms with Crippen LogP contribution in [0.2, 0.25) is 0 Å². The second-order valence-electron chi connectivity index (χ2n) is 4.78. The van der Waals surface area contributed by atoms with Crippen molar-refractivity contribution in [3.63, 3.8) is 0 Å². The average molecular weight is 321 g/mol. The number of halogens is 3. The van der Waals surface area contributed by atoms with E-state index in [1.165, 1.54) is 20.0 Å². The first-order chi connectivity index (χ1) is 9.98. The molecule has 2 rings (SSSR count). The molecule has 1 saturated carbocycles. The summed E-state index contributed by atoms with van der Waals surface area (Å²) in [4.78, 5) is 0. The molecule has 3 nitrogen and oxygen atoms in total. The van der Waals surface area contributed by atoms with Gasteiger partial charge in [0.1, 0.15) is 0 Å². The van der Waals surface area contributed by atoms with Crippen LogP contribution in [-0.4, -0.2) is 31.0 Å². The predicted octanol–water partition coefficient (Wildman–Crippen LogP) is 3.58. The van der Waals surface area contributed by atoms with E-state index in [9.17, 15) is 13.2 Å². The molecule has 0 bridgehead atoms. The Morgan fingerprint density at radius 2 is 2.05 bits per heavy atom. The van der Waals surface area contributed by atoms with Crippen LogP contribution in [-0.2, 0) is 6.54 Å². The largest absolute Gasteiger partial charge is 0.493 e. The molecule has 1 aliphatic carbocycles. The van der Waals surface area contributed by atoms with Gasteiger partial charge in [0.2, 0.25) is 0 Å². The fraction of sp³-hybridized carbons (Fsp3) is 0.571. The number of ether oxygens (including phenoxy) is 2. The van der Waals surface area contributed by atoms with Gasteiger partial charge in [-0.3, -0.25) is 0 Å². The summed E-state index contributed by atoms with van der Waals surface area (Å²) in [6, 6.07) is 6.10. The van der Waals surface area contributed by atoms with E-state index in [-0.39, 0.29) is 24.1 Å². The lowest BCUT2D eigenvalue weighted by Gasteiger charge is -2.13. The minimum absolute atomic E-state index is 0.0137. The van der Waals surface area contributed by atoms with Gasteiger partial charge in [-0.25, -0.2) is 0 Å². The maximum Gasteiger partial charge on any atom is 0.441 e. The number of methoxy groups -OCH3 is 1. The third-order valence-corrected chi connectivity index (χ3v) is 3.70. The van der Waals surface area contributed by atoms with Crippen molar-refractivity contribution in [2.75, 3.05) is 19.5 Å². The van der Waals surface area contributed by atoms with Gasteiger partial charge < -0.3 is 14.8 Å². The Labute approximate surface area is 126 Å². The Morgan fingerprint density at radius 3 is 2.67 bits per heavy atom. The summed E-state index contributed by atoms with van der Waals surface area (Å²) in [5.41, 5.74) is -3.15. The van der Waals surface area contributed by atoms with Gasteiger partial charge in [-0.1, -0.05) is 6.07 Å². The molecule has 1 aromatic rings. The Hall–Kier alpha value is -1.08. The van der Waals surface area contributed by atoms with Crippen molar-refractivity contribution in [3.8, 4) is 11.5 Å². The Balaban J connectivity index is 1.83. The number of benzene rings is 1. The molecule has 1 aromatic carbocycles. The number of thioether (sulfide) groups is 1. The highest BCUT2D eigenvalue weighted by Gasteiger charge is 2.27. The van der Waals surface area contributed by atoms with E-state index in [1.807, 2.05) is 12.1 Å². The quantitative estimate of drug-likeness (QED) is 0.742. The smallest absolute Gasteiger partial charge is 0.441 e. The SMILES string of the molecule is COc1cc(CNC2CC2)ccc1OCCSC(F)(F)F. The van der Waals surface area contributed by atoms with Gasteiger partial charge in [-0.15, -0.1) is 0 Å². The van der Waals surface area contributed by atoms with Crippen molar-refractivity contribution < 1.29 is 22.6 Å². The summed E-state index contributed by atoms with van der Waals surface area (Å²) in [5.74, 6) is 0.870. The minimum atomic E-state index is -4.22. The number of alkyl halides is 3. The molecule has 0 aliphatic heterocycles. The molecular formula is C14H18F3NO2S. The second kappa shape index (κ2) is 7.26. The van der Waals surface area contributed by atoms with Crippen molar-refractivity contribution in [1.82, 2.24) is 5.32 Å². The van der Waals surface area contributed by atoms with Gasteiger partial charge in [0.15, 0.2) is 11.5 Å². The fourth-order valence-electron chi connectivity index (χ4n) is 1.80. The normalized spacial score (nSPS) is 15.0. The minimum Gasteiger partial charge on any atom is -0.493 e. The zero-order valence-electron chi connectivity index (χ0n) is 11.7. The standard InChI is InChI=1S/C14H18F3NO2S/c1-19-13-8-10(9-18-11-3-4-11)2-5-12(13)20-6-7-21-14(15,16)17/h2,5,8,11,18H,3-4,6-7,9H2,1H3. The zero-order valence-corrected chi connectivity index (χ0v) is 12.5. The van der Waals surface area contributed by atoms with Gasteiger partial charge in [0.05, 0.1) is 13.7 Å². The van der Waals surface area contributed by atoms with E-state index < -0.39 is 5.51 Å². The maximum atomic E-state index is 12.0. The molecule has 0 radical (unpaired) electrons. The molecule has 0 aromatic heterocycles. The van der Waals surface area contributed by atoms with Gasteiger partial charge in [-0.05, 0) is 42.3 Å². The summed E-state index contributed by atoms with van der Waals surface area (Å²) < 4.78 is 46.6. The highest BCUT2D eigenvalue weighted by Crippen LogP contribution is 2.31. The zero-order chi connectivity index (χ0) is 15.3. The summed E-state index contributed by atoms with van der Waals surface area (Å²) in [7, 11) is 1.52. The summed E-state index contributed by atoms with van der Waals surface area (Å²) in [5, 5.41) is 3.39. The van der Waals surface area contributed by atoms with Crippen molar-refractivity contribution in [1.29, 1.82) is 0 Å². The first kappa shape index (κ1) is 16.3. The molecule has 1 fully saturated rings. The van der Waals surface area contributed by atoms with Crippen LogP contribution in [0.5, 0.6) is 11.5 Å². The molecule has 0 spiro atoms. The molecular weight excluding hydrogens is 303 g/mol. The molecule has 21 heavy (non-hydrogen) atoms. The molecule has 1 N–H and O–H groups in total. The number of hydrogen-bond donors (Lipinski definition) is 1. The van der Waals surface area contributed by atoms with Gasteiger partial charge in [0.25, 0.3) is 0 Å². The lowest BCUT2D eigenvalue weighted by atomic mass is 10.2. The van der Waals surface area contributed by atoms with Crippen LogP contribution in [0.15, 0.2) is 18.2 Å². The van der Waals surface area contributed by atoms with Gasteiger partial charge in [0, 0.05) is 18.3 Å². The molecule has 118 valence electrons. The van der Waals surface area contributed by atoms with Crippen molar-refractivity contribution in [3.05, 3.63) is 23.8 Å². The average Bonchev–Trinajstić information content (AvgIpc) is 3.25. The number of hydrogen-bond acceptors (Lipinski definition) is 4. The van der Waals surface area contributed by atoms with Gasteiger partial charge in [-0.2, -0.15) is 13.2 Å². The highest BCUT2D eigenvalue weighted by atomic mass is 32.2. The van der Waals surface area contributed by atoms with E-state index in [0.29, 0.717) is 17.5 Å². The predicted molar refractivity (Wildman–Crippen MR) is 76.9 cm³/mol. The molecule has 7 heteroatoms. The topological polar surface area (TPSA) is 30.5 Å². The third-order valence-electron chi connectivity index (χ3n) is 3.01. The molecule has 0 amide bonds. The van der Waals surface area contributed by atoms with Crippen molar-refractivity contribution in [2.24, 2.45) is 0 Å². The third kappa shape index (κ3) is 6.05. The highest BCUT2D eigenvalue weighted by molar-refractivity contribution is 8.00. The lowest BCUT2D eigenvalue weighted by molar-refractivity contribution is -0.0329. The maximum absolute atomic E-state index is 12.0. The lowest BCUT2D eigenvalue weighted by Crippen LogP contribution is -2.15. The Morgan fingerprint density at radius 1 is 1.29 bits per heavy atom. The van der Waals surface area contributed by atoms with Crippen LogP contribution in [0.4, 0.5) is 13.2 Å². The molecule has 0 unspecified atom stereocenters.